The van der Waals surface area contributed by atoms with Crippen LogP contribution in [0.1, 0.15) is 24.2 Å². The second kappa shape index (κ2) is 7.97. The van der Waals surface area contributed by atoms with Gasteiger partial charge in [-0.15, -0.1) is 0 Å². The molecule has 8 nitrogen and oxygen atoms in total. The molecule has 0 saturated carbocycles. The van der Waals surface area contributed by atoms with E-state index in [1.54, 1.807) is 24.7 Å². The zero-order valence-electron chi connectivity index (χ0n) is 16.0. The molecule has 1 aromatic carbocycles. The number of nitrogens with zero attached hydrogens (tertiary/aromatic N) is 5. The second-order valence-electron chi connectivity index (χ2n) is 6.78. The summed E-state index contributed by atoms with van der Waals surface area (Å²) in [6.45, 7) is 1.89. The van der Waals surface area contributed by atoms with Gasteiger partial charge in [-0.25, -0.2) is 24.3 Å². The molecule has 2 aromatic heterocycles. The number of carbonyl (C=O) groups is 1. The SMILES string of the molecule is C[C@H]1c2cnc(-c3ncccn3)nc2CCN1c1cc(F)c(F)c(OCC(N)=O)c1. The van der Waals surface area contributed by atoms with Gasteiger partial charge in [-0.05, 0) is 13.0 Å². The molecule has 10 heteroatoms. The average Bonchev–Trinajstić information content (AvgIpc) is 2.75. The number of primary amides is 1. The van der Waals surface area contributed by atoms with Gasteiger partial charge in [0.05, 0.1) is 11.7 Å². The van der Waals surface area contributed by atoms with Gasteiger partial charge in [0.1, 0.15) is 0 Å². The first-order valence-electron chi connectivity index (χ1n) is 9.24. The number of ether oxygens (including phenoxy) is 1. The molecule has 3 aromatic rings. The lowest BCUT2D eigenvalue weighted by Gasteiger charge is -2.36. The Morgan fingerprint density at radius 1 is 1.23 bits per heavy atom. The largest absolute Gasteiger partial charge is 0.481 e. The number of aromatic nitrogens is 4. The summed E-state index contributed by atoms with van der Waals surface area (Å²) in [4.78, 5) is 30.1. The Hall–Kier alpha value is -3.69. The van der Waals surface area contributed by atoms with Crippen molar-refractivity contribution < 1.29 is 18.3 Å². The molecule has 0 unspecified atom stereocenters. The first-order chi connectivity index (χ1) is 14.4. The van der Waals surface area contributed by atoms with Crippen LogP contribution in [0.3, 0.4) is 0 Å². The zero-order chi connectivity index (χ0) is 21.3. The van der Waals surface area contributed by atoms with Crippen LogP contribution in [0.2, 0.25) is 0 Å². The predicted molar refractivity (Wildman–Crippen MR) is 104 cm³/mol. The Balaban J connectivity index is 1.63. The number of amides is 1. The lowest BCUT2D eigenvalue weighted by atomic mass is 9.98. The summed E-state index contributed by atoms with van der Waals surface area (Å²) in [6.07, 6.45) is 5.51. The topological polar surface area (TPSA) is 107 Å². The molecule has 1 amide bonds. The van der Waals surface area contributed by atoms with Crippen molar-refractivity contribution in [1.29, 1.82) is 0 Å². The van der Waals surface area contributed by atoms with E-state index in [1.165, 1.54) is 6.07 Å². The van der Waals surface area contributed by atoms with Gasteiger partial charge in [-0.3, -0.25) is 4.79 Å². The summed E-state index contributed by atoms with van der Waals surface area (Å²) in [5.74, 6) is -2.51. The van der Waals surface area contributed by atoms with Crippen molar-refractivity contribution in [2.45, 2.75) is 19.4 Å². The van der Waals surface area contributed by atoms with Gasteiger partial charge >= 0.3 is 0 Å². The Morgan fingerprint density at radius 2 is 2.00 bits per heavy atom. The Kier molecular flexibility index (Phi) is 5.21. The number of hydrogen-bond donors (Lipinski definition) is 1. The Labute approximate surface area is 170 Å². The summed E-state index contributed by atoms with van der Waals surface area (Å²) >= 11 is 0. The van der Waals surface area contributed by atoms with E-state index in [-0.39, 0.29) is 11.8 Å². The summed E-state index contributed by atoms with van der Waals surface area (Å²) in [5.41, 5.74) is 7.16. The van der Waals surface area contributed by atoms with Crippen molar-refractivity contribution in [1.82, 2.24) is 19.9 Å². The summed E-state index contributed by atoms with van der Waals surface area (Å²) in [7, 11) is 0. The highest BCUT2D eigenvalue weighted by Gasteiger charge is 2.28. The fourth-order valence-electron chi connectivity index (χ4n) is 3.41. The first kappa shape index (κ1) is 19.6. The average molecular weight is 412 g/mol. The van der Waals surface area contributed by atoms with Crippen molar-refractivity contribution in [2.24, 2.45) is 5.73 Å². The maximum absolute atomic E-state index is 14.1. The molecular formula is C20H18F2N6O2. The lowest BCUT2D eigenvalue weighted by molar-refractivity contribution is -0.120. The maximum Gasteiger partial charge on any atom is 0.255 e. The van der Waals surface area contributed by atoms with Gasteiger partial charge in [0.2, 0.25) is 5.82 Å². The normalized spacial score (nSPS) is 15.6. The van der Waals surface area contributed by atoms with Gasteiger partial charge in [0.15, 0.2) is 29.8 Å². The van der Waals surface area contributed by atoms with E-state index in [0.29, 0.717) is 30.3 Å². The van der Waals surface area contributed by atoms with Crippen LogP contribution < -0.4 is 15.4 Å². The quantitative estimate of drug-likeness (QED) is 0.685. The maximum atomic E-state index is 14.1. The number of rotatable bonds is 5. The van der Waals surface area contributed by atoms with Gasteiger partial charge in [0, 0.05) is 54.9 Å². The molecule has 0 radical (unpaired) electrons. The van der Waals surface area contributed by atoms with Crippen molar-refractivity contribution in [3.05, 3.63) is 59.7 Å². The minimum Gasteiger partial charge on any atom is -0.481 e. The minimum absolute atomic E-state index is 0.201. The highest BCUT2D eigenvalue weighted by molar-refractivity contribution is 5.75. The molecule has 4 rings (SSSR count). The second-order valence-corrected chi connectivity index (χ2v) is 6.78. The van der Waals surface area contributed by atoms with Gasteiger partial charge in [-0.2, -0.15) is 4.39 Å². The van der Waals surface area contributed by atoms with E-state index in [2.05, 4.69) is 19.9 Å². The molecule has 2 N–H and O–H groups in total. The van der Waals surface area contributed by atoms with Crippen molar-refractivity contribution in [3.8, 4) is 17.4 Å². The third kappa shape index (κ3) is 3.76. The lowest BCUT2D eigenvalue weighted by Crippen LogP contribution is -2.35. The molecule has 30 heavy (non-hydrogen) atoms. The van der Waals surface area contributed by atoms with Crippen LogP contribution in [-0.4, -0.2) is 39.0 Å². The fraction of sp³-hybridized carbons (Fsp3) is 0.250. The molecule has 0 spiro atoms. The van der Waals surface area contributed by atoms with E-state index in [9.17, 15) is 13.6 Å². The van der Waals surface area contributed by atoms with Crippen molar-refractivity contribution in [3.63, 3.8) is 0 Å². The molecule has 0 aliphatic carbocycles. The molecular weight excluding hydrogens is 394 g/mol. The number of hydrogen-bond acceptors (Lipinski definition) is 7. The monoisotopic (exact) mass is 412 g/mol. The van der Waals surface area contributed by atoms with E-state index in [0.717, 1.165) is 17.3 Å². The molecule has 0 fully saturated rings. The smallest absolute Gasteiger partial charge is 0.255 e. The predicted octanol–water partition coefficient (Wildman–Crippen LogP) is 2.20. The number of benzene rings is 1. The minimum atomic E-state index is -1.17. The molecule has 3 heterocycles. The fourth-order valence-corrected chi connectivity index (χ4v) is 3.41. The van der Waals surface area contributed by atoms with E-state index in [4.69, 9.17) is 10.5 Å². The van der Waals surface area contributed by atoms with Gasteiger partial charge in [0.25, 0.3) is 5.91 Å². The summed E-state index contributed by atoms with van der Waals surface area (Å²) < 4.78 is 33.2. The zero-order valence-corrected chi connectivity index (χ0v) is 16.0. The number of carbonyl (C=O) groups excluding carboxylic acids is 1. The third-order valence-electron chi connectivity index (χ3n) is 4.85. The van der Waals surface area contributed by atoms with Crippen LogP contribution >= 0.6 is 0 Å². The highest BCUT2D eigenvalue weighted by Crippen LogP contribution is 2.36. The molecule has 1 aliphatic heterocycles. The third-order valence-corrected chi connectivity index (χ3v) is 4.85. The highest BCUT2D eigenvalue weighted by atomic mass is 19.2. The number of nitrogens with two attached hydrogens (primary N) is 1. The van der Waals surface area contributed by atoms with Gasteiger partial charge < -0.3 is 15.4 Å². The van der Waals surface area contributed by atoms with E-state index in [1.807, 2.05) is 11.8 Å². The Morgan fingerprint density at radius 3 is 2.73 bits per heavy atom. The van der Waals surface area contributed by atoms with E-state index < -0.39 is 24.1 Å². The molecule has 0 saturated heterocycles. The van der Waals surface area contributed by atoms with Crippen LogP contribution in [0.4, 0.5) is 14.5 Å². The van der Waals surface area contributed by atoms with Gasteiger partial charge in [-0.1, -0.05) is 0 Å². The molecule has 1 aliphatic rings. The molecule has 154 valence electrons. The number of anilines is 1. The summed E-state index contributed by atoms with van der Waals surface area (Å²) in [5, 5.41) is 0. The van der Waals surface area contributed by atoms with Crippen molar-refractivity contribution in [2.75, 3.05) is 18.1 Å². The molecule has 1 atom stereocenters. The van der Waals surface area contributed by atoms with E-state index >= 15 is 0 Å². The van der Waals surface area contributed by atoms with Crippen LogP contribution in [0.15, 0.2) is 36.8 Å². The first-order valence-corrected chi connectivity index (χ1v) is 9.24. The van der Waals surface area contributed by atoms with Crippen LogP contribution in [0.5, 0.6) is 5.75 Å². The van der Waals surface area contributed by atoms with Crippen LogP contribution in [0, 0.1) is 11.6 Å². The van der Waals surface area contributed by atoms with Crippen LogP contribution in [-0.2, 0) is 11.2 Å². The number of halogens is 2. The standard InChI is InChI=1S/C20H18F2N6O2/c1-11-13-9-26-20(19-24-4-2-5-25-19)27-15(13)3-6-28(11)12-7-14(21)18(22)16(8-12)30-10-17(23)29/h2,4-5,7-9,11H,3,6,10H2,1H3,(H2,23,29)/t11-/m0/s1. The van der Waals surface area contributed by atoms with Crippen LogP contribution in [0.25, 0.3) is 11.6 Å². The van der Waals surface area contributed by atoms with Crippen molar-refractivity contribution >= 4 is 11.6 Å². The summed E-state index contributed by atoms with van der Waals surface area (Å²) in [6, 6.07) is 3.97. The molecule has 0 bridgehead atoms. The Bertz CT molecular complexity index is 1100. The number of fused-ring (bicyclic) bond motifs is 1.